The van der Waals surface area contributed by atoms with Crippen molar-refractivity contribution in [2.24, 2.45) is 0 Å². The van der Waals surface area contributed by atoms with Crippen LogP contribution in [0.3, 0.4) is 0 Å². The summed E-state index contributed by atoms with van der Waals surface area (Å²) in [6.45, 7) is 10.5. The first-order chi connectivity index (χ1) is 14.7. The van der Waals surface area contributed by atoms with Gasteiger partial charge in [-0.15, -0.1) is 6.58 Å². The van der Waals surface area contributed by atoms with Crippen molar-refractivity contribution in [1.29, 1.82) is 0 Å². The molecule has 2 aliphatic heterocycles. The van der Waals surface area contributed by atoms with E-state index in [1.807, 2.05) is 36.4 Å². The van der Waals surface area contributed by atoms with Crippen molar-refractivity contribution >= 4 is 0 Å². The Kier molecular flexibility index (Phi) is 6.89. The van der Waals surface area contributed by atoms with Crippen molar-refractivity contribution in [3.05, 3.63) is 66.2 Å². The van der Waals surface area contributed by atoms with E-state index >= 15 is 0 Å². The third kappa shape index (κ3) is 5.33. The number of hydrogen-bond donors (Lipinski definition) is 3. The Hall–Kier alpha value is -2.54. The molecule has 30 heavy (non-hydrogen) atoms. The number of rotatable bonds is 9. The first kappa shape index (κ1) is 20.7. The maximum Gasteiger partial charge on any atom is 0.231 e. The number of hydrogen-bond acceptors (Lipinski definition) is 4. The molecule has 2 heterocycles. The highest BCUT2D eigenvalue weighted by molar-refractivity contribution is 5.44. The molecule has 0 unspecified atom stereocenters. The summed E-state index contributed by atoms with van der Waals surface area (Å²) in [5, 5.41) is 10.5. The van der Waals surface area contributed by atoms with Crippen LogP contribution in [-0.4, -0.2) is 57.3 Å². The van der Waals surface area contributed by atoms with Gasteiger partial charge in [-0.2, -0.15) is 0 Å². The highest BCUT2D eigenvalue weighted by Gasteiger charge is 2.26. The molecule has 2 aromatic rings. The van der Waals surface area contributed by atoms with Crippen LogP contribution in [-0.2, 0) is 13.0 Å². The van der Waals surface area contributed by atoms with Gasteiger partial charge in [-0.3, -0.25) is 0 Å². The molecule has 0 spiro atoms. The topological polar surface area (TPSA) is 56.8 Å². The first-order valence-electron chi connectivity index (χ1n) is 10.8. The number of nitrogens with one attached hydrogen (secondary N) is 2. The van der Waals surface area contributed by atoms with Crippen LogP contribution < -0.4 is 24.0 Å². The Bertz CT molecular complexity index is 849. The van der Waals surface area contributed by atoms with Crippen molar-refractivity contribution in [2.75, 3.05) is 46.1 Å². The molecular weight excluding hydrogens is 380 g/mol. The van der Waals surface area contributed by atoms with Gasteiger partial charge < -0.3 is 29.1 Å². The second-order valence-electron chi connectivity index (χ2n) is 8.13. The van der Waals surface area contributed by atoms with Crippen LogP contribution in [0, 0.1) is 0 Å². The van der Waals surface area contributed by atoms with E-state index in [4.69, 9.17) is 14.2 Å². The zero-order valence-corrected chi connectivity index (χ0v) is 17.4. The molecule has 160 valence electrons. The Labute approximate surface area is 178 Å². The predicted octanol–water partition coefficient (Wildman–Crippen LogP) is -0.133. The summed E-state index contributed by atoms with van der Waals surface area (Å²) < 4.78 is 16.8. The van der Waals surface area contributed by atoms with Gasteiger partial charge in [0.05, 0.1) is 0 Å². The van der Waals surface area contributed by atoms with Gasteiger partial charge in [0.25, 0.3) is 0 Å². The normalized spacial score (nSPS) is 21.2. The van der Waals surface area contributed by atoms with Gasteiger partial charge in [0.1, 0.15) is 57.7 Å². The van der Waals surface area contributed by atoms with Crippen LogP contribution in [0.4, 0.5) is 0 Å². The van der Waals surface area contributed by atoms with E-state index in [1.54, 1.807) is 4.90 Å². The number of aliphatic hydroxyl groups is 1. The number of piperazine rings is 1. The van der Waals surface area contributed by atoms with Crippen molar-refractivity contribution in [3.8, 4) is 17.2 Å². The predicted molar refractivity (Wildman–Crippen MR) is 114 cm³/mol. The lowest BCUT2D eigenvalue weighted by molar-refractivity contribution is -1.02. The Balaban J connectivity index is 1.19. The molecule has 1 fully saturated rings. The number of allylic oxidation sites excluding steroid dienone is 1. The van der Waals surface area contributed by atoms with Crippen molar-refractivity contribution in [1.82, 2.24) is 0 Å². The van der Waals surface area contributed by atoms with Crippen molar-refractivity contribution in [2.45, 2.75) is 19.1 Å². The molecule has 3 N–H and O–H groups in total. The van der Waals surface area contributed by atoms with Gasteiger partial charge in [0.15, 0.2) is 11.5 Å². The molecule has 2 aromatic carbocycles. The lowest BCUT2D eigenvalue weighted by Gasteiger charge is -2.30. The van der Waals surface area contributed by atoms with Gasteiger partial charge in [-0.25, -0.2) is 0 Å². The van der Waals surface area contributed by atoms with Crippen LogP contribution >= 0.6 is 0 Å². The Morgan fingerprint density at radius 2 is 1.80 bits per heavy atom. The van der Waals surface area contributed by atoms with E-state index in [-0.39, 0.29) is 0 Å². The van der Waals surface area contributed by atoms with Crippen LogP contribution in [0.1, 0.15) is 11.1 Å². The summed E-state index contributed by atoms with van der Waals surface area (Å²) in [7, 11) is 0. The average Bonchev–Trinajstić information content (AvgIpc) is 3.23. The number of fused-ring (bicyclic) bond motifs is 1. The number of aliphatic hydroxyl groups excluding tert-OH is 1. The summed E-state index contributed by atoms with van der Waals surface area (Å²) in [5.74, 6) is 2.53. The van der Waals surface area contributed by atoms with Crippen LogP contribution in [0.25, 0.3) is 0 Å². The van der Waals surface area contributed by atoms with Crippen LogP contribution in [0.15, 0.2) is 55.1 Å². The smallest absolute Gasteiger partial charge is 0.231 e. The number of quaternary nitrogens is 2. The Morgan fingerprint density at radius 1 is 1.03 bits per heavy atom. The molecule has 0 bridgehead atoms. The second-order valence-corrected chi connectivity index (χ2v) is 8.13. The van der Waals surface area contributed by atoms with E-state index in [9.17, 15) is 5.11 Å². The fourth-order valence-electron chi connectivity index (χ4n) is 4.22. The van der Waals surface area contributed by atoms with Gasteiger partial charge >= 0.3 is 0 Å². The van der Waals surface area contributed by atoms with E-state index in [0.29, 0.717) is 13.4 Å². The standard InChI is InChI=1S/C24H30N2O4/c1-2-5-20-6-3-4-7-22(20)28-17-21(27)16-26-12-10-25(11-13-26)15-19-8-9-23-24(14-19)30-18-29-23/h2-4,6-9,14,21,27H,1,5,10-13,15-18H2/p+2/t21-/m0/s1. The maximum absolute atomic E-state index is 10.5. The molecule has 0 aromatic heterocycles. The lowest BCUT2D eigenvalue weighted by atomic mass is 10.1. The first-order valence-corrected chi connectivity index (χ1v) is 10.8. The van der Waals surface area contributed by atoms with Crippen LogP contribution in [0.5, 0.6) is 17.2 Å². The van der Waals surface area contributed by atoms with Gasteiger partial charge in [0, 0.05) is 5.56 Å². The number of para-hydroxylation sites is 1. The third-order valence-electron chi connectivity index (χ3n) is 5.85. The maximum atomic E-state index is 10.5. The van der Waals surface area contributed by atoms with E-state index < -0.39 is 6.10 Å². The summed E-state index contributed by atoms with van der Waals surface area (Å²) in [6, 6.07) is 14.2. The average molecular weight is 413 g/mol. The summed E-state index contributed by atoms with van der Waals surface area (Å²) in [4.78, 5) is 3.02. The van der Waals surface area contributed by atoms with E-state index in [1.165, 1.54) is 10.5 Å². The molecule has 2 aliphatic rings. The summed E-state index contributed by atoms with van der Waals surface area (Å²) >= 11 is 0. The van der Waals surface area contributed by atoms with Crippen LogP contribution in [0.2, 0.25) is 0 Å². The number of benzene rings is 2. The van der Waals surface area contributed by atoms with Gasteiger partial charge in [-0.1, -0.05) is 24.3 Å². The summed E-state index contributed by atoms with van der Waals surface area (Å²) in [5.41, 5.74) is 2.39. The fraction of sp³-hybridized carbons (Fsp3) is 0.417. The largest absolute Gasteiger partial charge is 0.490 e. The molecule has 6 heteroatoms. The molecule has 6 nitrogen and oxygen atoms in total. The lowest BCUT2D eigenvalue weighted by Crippen LogP contribution is -3.28. The zero-order chi connectivity index (χ0) is 20.8. The Morgan fingerprint density at radius 3 is 2.63 bits per heavy atom. The number of ether oxygens (including phenoxy) is 3. The second kappa shape index (κ2) is 9.98. The quantitative estimate of drug-likeness (QED) is 0.502. The molecule has 1 saturated heterocycles. The minimum absolute atomic E-state index is 0.319. The highest BCUT2D eigenvalue weighted by atomic mass is 16.7. The molecule has 0 saturated carbocycles. The fourth-order valence-corrected chi connectivity index (χ4v) is 4.22. The van der Waals surface area contributed by atoms with E-state index in [2.05, 4.69) is 18.7 Å². The molecule has 0 amide bonds. The summed E-state index contributed by atoms with van der Waals surface area (Å²) in [6.07, 6.45) is 2.17. The van der Waals surface area contributed by atoms with Gasteiger partial charge in [-0.05, 0) is 36.2 Å². The molecular formula is C24H32N2O4+2. The molecule has 0 aliphatic carbocycles. The molecule has 0 radical (unpaired) electrons. The molecule has 1 atom stereocenters. The minimum Gasteiger partial charge on any atom is -0.490 e. The van der Waals surface area contributed by atoms with Crippen molar-refractivity contribution < 1.29 is 29.1 Å². The minimum atomic E-state index is -0.466. The zero-order valence-electron chi connectivity index (χ0n) is 17.4. The van der Waals surface area contributed by atoms with E-state index in [0.717, 1.165) is 68.5 Å². The highest BCUT2D eigenvalue weighted by Crippen LogP contribution is 2.32. The SMILES string of the molecule is C=CCc1ccccc1OC[C@@H](O)C[NH+]1CC[NH+](Cc2ccc3c(c2)OCO3)CC1. The molecule has 4 rings (SSSR count). The monoisotopic (exact) mass is 412 g/mol. The van der Waals surface area contributed by atoms with Crippen molar-refractivity contribution in [3.63, 3.8) is 0 Å². The third-order valence-corrected chi connectivity index (χ3v) is 5.85. The van der Waals surface area contributed by atoms with Gasteiger partial charge in [0.2, 0.25) is 6.79 Å².